The Bertz CT molecular complexity index is 653. The highest BCUT2D eigenvalue weighted by molar-refractivity contribution is 6.09. The van der Waals surface area contributed by atoms with Crippen LogP contribution in [0.1, 0.15) is 16.8 Å². The standard InChI is InChI=1S/C18H24N2O3/c1-20(11-5-13-23-2)12-10-19-18(22)15-8-3-6-14-7-4-9-16(21)17(14)15/h3-4,6-9,21H,5,10-13H2,1-2H3,(H,19,22). The fourth-order valence-electron chi connectivity index (χ4n) is 2.56. The lowest BCUT2D eigenvalue weighted by molar-refractivity contribution is 0.0950. The quantitative estimate of drug-likeness (QED) is 0.733. The van der Waals surface area contributed by atoms with Crippen molar-refractivity contribution in [2.75, 3.05) is 40.4 Å². The Hall–Kier alpha value is -2.11. The fraction of sp³-hybridized carbons (Fsp3) is 0.389. The van der Waals surface area contributed by atoms with Gasteiger partial charge in [-0.3, -0.25) is 4.79 Å². The number of phenols is 1. The zero-order chi connectivity index (χ0) is 16.7. The molecule has 5 nitrogen and oxygen atoms in total. The third kappa shape index (κ3) is 4.68. The third-order valence-electron chi connectivity index (χ3n) is 3.79. The van der Waals surface area contributed by atoms with Crippen LogP contribution in [0.4, 0.5) is 0 Å². The van der Waals surface area contributed by atoms with Crippen LogP contribution in [0.2, 0.25) is 0 Å². The van der Waals surface area contributed by atoms with Crippen molar-refractivity contribution in [1.82, 2.24) is 10.2 Å². The van der Waals surface area contributed by atoms with E-state index < -0.39 is 0 Å². The predicted molar refractivity (Wildman–Crippen MR) is 91.9 cm³/mol. The summed E-state index contributed by atoms with van der Waals surface area (Å²) in [6, 6.07) is 10.7. The summed E-state index contributed by atoms with van der Waals surface area (Å²) in [6.07, 6.45) is 0.970. The molecule has 0 spiro atoms. The molecule has 2 rings (SSSR count). The summed E-state index contributed by atoms with van der Waals surface area (Å²) in [7, 11) is 3.71. The average molecular weight is 316 g/mol. The molecule has 0 fully saturated rings. The number of ether oxygens (including phenoxy) is 1. The minimum Gasteiger partial charge on any atom is -0.507 e. The molecule has 23 heavy (non-hydrogen) atoms. The van der Waals surface area contributed by atoms with E-state index in [-0.39, 0.29) is 11.7 Å². The molecule has 0 atom stereocenters. The van der Waals surface area contributed by atoms with Gasteiger partial charge in [0.1, 0.15) is 5.75 Å². The van der Waals surface area contributed by atoms with E-state index in [1.165, 1.54) is 0 Å². The molecule has 0 aliphatic rings. The number of carbonyl (C=O) groups is 1. The predicted octanol–water partition coefficient (Wildman–Crippen LogP) is 2.24. The Morgan fingerprint density at radius 3 is 2.70 bits per heavy atom. The molecule has 0 radical (unpaired) electrons. The molecule has 0 aromatic heterocycles. The van der Waals surface area contributed by atoms with Crippen molar-refractivity contribution in [2.45, 2.75) is 6.42 Å². The summed E-state index contributed by atoms with van der Waals surface area (Å²) in [5, 5.41) is 14.4. The molecule has 5 heteroatoms. The van der Waals surface area contributed by atoms with Crippen LogP contribution >= 0.6 is 0 Å². The van der Waals surface area contributed by atoms with E-state index >= 15 is 0 Å². The van der Waals surface area contributed by atoms with Crippen LogP contribution in [0.15, 0.2) is 36.4 Å². The van der Waals surface area contributed by atoms with E-state index in [0.717, 1.165) is 31.5 Å². The Labute approximate surface area is 136 Å². The summed E-state index contributed by atoms with van der Waals surface area (Å²) in [4.78, 5) is 14.5. The van der Waals surface area contributed by atoms with Gasteiger partial charge in [-0.15, -0.1) is 0 Å². The van der Waals surface area contributed by atoms with Crippen LogP contribution in [-0.2, 0) is 4.74 Å². The van der Waals surface area contributed by atoms with Gasteiger partial charge in [-0.1, -0.05) is 24.3 Å². The molecule has 1 amide bonds. The van der Waals surface area contributed by atoms with Crippen LogP contribution in [0.25, 0.3) is 10.8 Å². The van der Waals surface area contributed by atoms with Crippen molar-refractivity contribution in [1.29, 1.82) is 0 Å². The van der Waals surface area contributed by atoms with Gasteiger partial charge in [0.25, 0.3) is 5.91 Å². The zero-order valence-corrected chi connectivity index (χ0v) is 13.7. The van der Waals surface area contributed by atoms with Gasteiger partial charge in [-0.25, -0.2) is 0 Å². The molecule has 2 aromatic rings. The molecule has 2 aromatic carbocycles. The maximum Gasteiger partial charge on any atom is 0.252 e. The first kappa shape index (κ1) is 17.2. The van der Waals surface area contributed by atoms with Gasteiger partial charge in [0.05, 0.1) is 5.56 Å². The van der Waals surface area contributed by atoms with Gasteiger partial charge in [0.2, 0.25) is 0 Å². The summed E-state index contributed by atoms with van der Waals surface area (Å²) >= 11 is 0. The topological polar surface area (TPSA) is 61.8 Å². The van der Waals surface area contributed by atoms with E-state index in [4.69, 9.17) is 4.74 Å². The van der Waals surface area contributed by atoms with E-state index in [0.29, 0.717) is 17.5 Å². The first-order chi connectivity index (χ1) is 11.1. The monoisotopic (exact) mass is 316 g/mol. The molecular formula is C18H24N2O3. The van der Waals surface area contributed by atoms with Crippen LogP contribution in [0.5, 0.6) is 5.75 Å². The van der Waals surface area contributed by atoms with Crippen molar-refractivity contribution >= 4 is 16.7 Å². The van der Waals surface area contributed by atoms with Crippen molar-refractivity contribution in [3.05, 3.63) is 42.0 Å². The Morgan fingerprint density at radius 2 is 1.96 bits per heavy atom. The molecule has 0 unspecified atom stereocenters. The zero-order valence-electron chi connectivity index (χ0n) is 13.7. The number of rotatable bonds is 8. The Morgan fingerprint density at radius 1 is 1.22 bits per heavy atom. The largest absolute Gasteiger partial charge is 0.507 e. The maximum atomic E-state index is 12.4. The highest BCUT2D eigenvalue weighted by Gasteiger charge is 2.12. The molecular weight excluding hydrogens is 292 g/mol. The number of carbonyl (C=O) groups excluding carboxylic acids is 1. The minimum absolute atomic E-state index is 0.130. The van der Waals surface area contributed by atoms with Crippen LogP contribution < -0.4 is 5.32 Å². The molecule has 0 aliphatic carbocycles. The average Bonchev–Trinajstić information content (AvgIpc) is 2.55. The van der Waals surface area contributed by atoms with E-state index in [1.54, 1.807) is 25.3 Å². The number of hydrogen-bond donors (Lipinski definition) is 2. The Kier molecular flexibility index (Phi) is 6.38. The Balaban J connectivity index is 1.94. The van der Waals surface area contributed by atoms with Crippen LogP contribution in [-0.4, -0.2) is 56.3 Å². The lowest BCUT2D eigenvalue weighted by Gasteiger charge is -2.17. The number of phenolic OH excluding ortho intramolecular Hbond substituents is 1. The normalized spacial score (nSPS) is 11.1. The highest BCUT2D eigenvalue weighted by Crippen LogP contribution is 2.27. The molecule has 0 heterocycles. The number of hydrogen-bond acceptors (Lipinski definition) is 4. The van der Waals surface area contributed by atoms with Crippen molar-refractivity contribution in [2.24, 2.45) is 0 Å². The molecule has 0 saturated carbocycles. The van der Waals surface area contributed by atoms with Gasteiger partial charge < -0.3 is 20.1 Å². The number of benzene rings is 2. The highest BCUT2D eigenvalue weighted by atomic mass is 16.5. The van der Waals surface area contributed by atoms with E-state index in [2.05, 4.69) is 10.2 Å². The van der Waals surface area contributed by atoms with Crippen molar-refractivity contribution < 1.29 is 14.6 Å². The number of nitrogens with zero attached hydrogens (tertiary/aromatic N) is 1. The summed E-state index contributed by atoms with van der Waals surface area (Å²) in [6.45, 7) is 3.00. The van der Waals surface area contributed by atoms with Crippen molar-refractivity contribution in [3.63, 3.8) is 0 Å². The first-order valence-electron chi connectivity index (χ1n) is 7.80. The first-order valence-corrected chi connectivity index (χ1v) is 7.80. The number of fused-ring (bicyclic) bond motifs is 1. The number of amides is 1. The summed E-state index contributed by atoms with van der Waals surface area (Å²) in [5.41, 5.74) is 0.502. The molecule has 124 valence electrons. The second-order valence-electron chi connectivity index (χ2n) is 5.59. The molecule has 2 N–H and O–H groups in total. The minimum atomic E-state index is -0.164. The van der Waals surface area contributed by atoms with E-state index in [1.807, 2.05) is 25.2 Å². The number of nitrogens with one attached hydrogen (secondary N) is 1. The van der Waals surface area contributed by atoms with Crippen molar-refractivity contribution in [3.8, 4) is 5.75 Å². The number of likely N-dealkylation sites (N-methyl/N-ethyl adjacent to an activating group) is 1. The van der Waals surface area contributed by atoms with Crippen LogP contribution in [0.3, 0.4) is 0 Å². The second-order valence-corrected chi connectivity index (χ2v) is 5.59. The van der Waals surface area contributed by atoms with Crippen LogP contribution in [0, 0.1) is 0 Å². The lowest BCUT2D eigenvalue weighted by atomic mass is 10.0. The molecule has 0 aliphatic heterocycles. The van der Waals surface area contributed by atoms with Gasteiger partial charge in [0.15, 0.2) is 0 Å². The molecule has 0 bridgehead atoms. The van der Waals surface area contributed by atoms with Gasteiger partial charge in [0, 0.05) is 38.7 Å². The van der Waals surface area contributed by atoms with Gasteiger partial charge in [-0.05, 0) is 31.0 Å². The fourth-order valence-corrected chi connectivity index (χ4v) is 2.56. The number of methoxy groups -OCH3 is 1. The lowest BCUT2D eigenvalue weighted by Crippen LogP contribution is -2.33. The third-order valence-corrected chi connectivity index (χ3v) is 3.79. The van der Waals surface area contributed by atoms with Gasteiger partial charge in [-0.2, -0.15) is 0 Å². The maximum absolute atomic E-state index is 12.4. The summed E-state index contributed by atoms with van der Waals surface area (Å²) < 4.78 is 5.02. The number of aromatic hydroxyl groups is 1. The second kappa shape index (κ2) is 8.50. The van der Waals surface area contributed by atoms with E-state index in [9.17, 15) is 9.90 Å². The smallest absolute Gasteiger partial charge is 0.252 e. The molecule has 0 saturated heterocycles. The SMILES string of the molecule is COCCCN(C)CCNC(=O)c1cccc2cccc(O)c12. The van der Waals surface area contributed by atoms with Gasteiger partial charge >= 0.3 is 0 Å². The summed E-state index contributed by atoms with van der Waals surface area (Å²) in [5.74, 6) is -0.0349.